The van der Waals surface area contributed by atoms with E-state index in [-0.39, 0.29) is 0 Å². The summed E-state index contributed by atoms with van der Waals surface area (Å²) in [5.74, 6) is 6.62. The second-order valence-electron chi connectivity index (χ2n) is 6.17. The van der Waals surface area contributed by atoms with Gasteiger partial charge in [-0.25, -0.2) is 0 Å². The monoisotopic (exact) mass is 164 g/mol. The Morgan fingerprint density at radius 3 is 2.33 bits per heavy atom. The maximum Gasteiger partial charge on any atom is -0.0292 e. The van der Waals surface area contributed by atoms with Crippen molar-refractivity contribution in [1.82, 2.24) is 0 Å². The molecule has 6 atom stereocenters. The zero-order chi connectivity index (χ0) is 8.67. The zero-order valence-electron chi connectivity index (χ0n) is 8.67. The molecule has 3 rings (SSSR count). The van der Waals surface area contributed by atoms with E-state index < -0.39 is 0 Å². The van der Waals surface area contributed by atoms with Gasteiger partial charge in [-0.1, -0.05) is 27.7 Å². The molecule has 0 aromatic heterocycles. The Morgan fingerprint density at radius 2 is 1.75 bits per heavy atom. The first-order valence-corrected chi connectivity index (χ1v) is 5.55. The van der Waals surface area contributed by atoms with Crippen LogP contribution in [-0.2, 0) is 0 Å². The SMILES string of the molecule is CC1CC2C1C1C2C(C)C1(C)C. The molecule has 3 saturated carbocycles. The van der Waals surface area contributed by atoms with Crippen LogP contribution in [0.5, 0.6) is 0 Å². The van der Waals surface area contributed by atoms with Gasteiger partial charge in [0.2, 0.25) is 0 Å². The van der Waals surface area contributed by atoms with E-state index in [2.05, 4.69) is 27.7 Å². The van der Waals surface area contributed by atoms with Gasteiger partial charge in [-0.2, -0.15) is 0 Å². The smallest absolute Gasteiger partial charge is 0.0292 e. The lowest BCUT2D eigenvalue weighted by molar-refractivity contribution is -0.305. The van der Waals surface area contributed by atoms with Gasteiger partial charge in [0.15, 0.2) is 0 Å². The Bertz CT molecular complexity index is 222. The van der Waals surface area contributed by atoms with Crippen LogP contribution in [0.25, 0.3) is 0 Å². The minimum Gasteiger partial charge on any atom is -0.0622 e. The van der Waals surface area contributed by atoms with E-state index in [0.717, 1.165) is 35.5 Å². The molecule has 68 valence electrons. The Labute approximate surface area is 75.7 Å². The maximum absolute atomic E-state index is 2.49. The lowest BCUT2D eigenvalue weighted by atomic mass is 9.27. The second-order valence-corrected chi connectivity index (χ2v) is 6.17. The van der Waals surface area contributed by atoms with Crippen molar-refractivity contribution >= 4 is 0 Å². The molecule has 0 amide bonds. The summed E-state index contributed by atoms with van der Waals surface area (Å²) in [6.45, 7) is 9.90. The van der Waals surface area contributed by atoms with Crippen LogP contribution in [-0.4, -0.2) is 0 Å². The molecular formula is C12H20. The molecule has 0 radical (unpaired) electrons. The van der Waals surface area contributed by atoms with Crippen molar-refractivity contribution in [3.8, 4) is 0 Å². The van der Waals surface area contributed by atoms with Crippen LogP contribution in [0.2, 0.25) is 0 Å². The van der Waals surface area contributed by atoms with Crippen molar-refractivity contribution in [2.45, 2.75) is 34.1 Å². The van der Waals surface area contributed by atoms with Gasteiger partial charge in [-0.3, -0.25) is 0 Å². The Kier molecular flexibility index (Phi) is 1.09. The van der Waals surface area contributed by atoms with E-state index in [9.17, 15) is 0 Å². The molecule has 3 aliphatic carbocycles. The topological polar surface area (TPSA) is 0 Å². The Morgan fingerprint density at radius 1 is 1.08 bits per heavy atom. The van der Waals surface area contributed by atoms with E-state index >= 15 is 0 Å². The summed E-state index contributed by atoms with van der Waals surface area (Å²) in [4.78, 5) is 0. The fraction of sp³-hybridized carbons (Fsp3) is 1.00. The molecule has 6 unspecified atom stereocenters. The summed E-state index contributed by atoms with van der Waals surface area (Å²) in [7, 11) is 0. The third-order valence-electron chi connectivity index (χ3n) is 5.73. The third-order valence-corrected chi connectivity index (χ3v) is 5.73. The van der Waals surface area contributed by atoms with Gasteiger partial charge in [-0.15, -0.1) is 0 Å². The number of hydrogen-bond donors (Lipinski definition) is 0. The molecular weight excluding hydrogens is 144 g/mol. The van der Waals surface area contributed by atoms with Crippen molar-refractivity contribution in [1.29, 1.82) is 0 Å². The molecule has 0 aliphatic heterocycles. The highest BCUT2D eigenvalue weighted by Gasteiger charge is 2.72. The number of fused-ring (bicyclic) bond motifs is 4. The van der Waals surface area contributed by atoms with E-state index in [1.807, 2.05) is 0 Å². The van der Waals surface area contributed by atoms with Crippen LogP contribution in [0.1, 0.15) is 34.1 Å². The second kappa shape index (κ2) is 1.76. The van der Waals surface area contributed by atoms with Crippen molar-refractivity contribution in [2.75, 3.05) is 0 Å². The van der Waals surface area contributed by atoms with Gasteiger partial charge in [0.25, 0.3) is 0 Å². The summed E-state index contributed by atoms with van der Waals surface area (Å²) in [6.07, 6.45) is 1.55. The van der Waals surface area contributed by atoms with Crippen LogP contribution < -0.4 is 0 Å². The van der Waals surface area contributed by atoms with Gasteiger partial charge < -0.3 is 0 Å². The summed E-state index contributed by atoms with van der Waals surface area (Å²) in [5, 5.41) is 0. The van der Waals surface area contributed by atoms with Gasteiger partial charge in [0.05, 0.1) is 0 Å². The quantitative estimate of drug-likeness (QED) is 0.516. The molecule has 0 aromatic carbocycles. The standard InChI is InChI=1S/C12H20/c1-6-5-8-9(6)11-10(8)7(2)12(11,3)4/h6-11H,5H2,1-4H3. The molecule has 0 spiro atoms. The highest BCUT2D eigenvalue weighted by Crippen LogP contribution is 2.77. The molecule has 0 bridgehead atoms. The maximum atomic E-state index is 2.49. The molecule has 3 aliphatic rings. The van der Waals surface area contributed by atoms with E-state index in [0.29, 0.717) is 5.41 Å². The minimum absolute atomic E-state index is 0.681. The van der Waals surface area contributed by atoms with Gasteiger partial charge in [0, 0.05) is 0 Å². The highest BCUT2D eigenvalue weighted by molar-refractivity contribution is 5.19. The summed E-state index contributed by atoms with van der Waals surface area (Å²) in [6, 6.07) is 0. The molecule has 0 heterocycles. The number of hydrogen-bond acceptors (Lipinski definition) is 0. The molecule has 3 fully saturated rings. The van der Waals surface area contributed by atoms with Crippen molar-refractivity contribution < 1.29 is 0 Å². The van der Waals surface area contributed by atoms with Gasteiger partial charge in [0.1, 0.15) is 0 Å². The van der Waals surface area contributed by atoms with Crippen LogP contribution in [0.4, 0.5) is 0 Å². The van der Waals surface area contributed by atoms with E-state index in [1.54, 1.807) is 6.42 Å². The van der Waals surface area contributed by atoms with E-state index in [1.165, 1.54) is 0 Å². The van der Waals surface area contributed by atoms with Crippen LogP contribution >= 0.6 is 0 Å². The predicted octanol–water partition coefficient (Wildman–Crippen LogP) is 3.18. The number of rotatable bonds is 0. The molecule has 0 N–H and O–H groups in total. The van der Waals surface area contributed by atoms with Gasteiger partial charge in [-0.05, 0) is 47.3 Å². The van der Waals surface area contributed by atoms with E-state index in [4.69, 9.17) is 0 Å². The van der Waals surface area contributed by atoms with Crippen LogP contribution in [0, 0.1) is 40.9 Å². The molecule has 0 heteroatoms. The Balaban J connectivity index is 1.84. The lowest BCUT2D eigenvalue weighted by Crippen LogP contribution is -2.73. The fourth-order valence-corrected chi connectivity index (χ4v) is 4.74. The average molecular weight is 164 g/mol. The molecule has 0 nitrogen and oxygen atoms in total. The summed E-state index contributed by atoms with van der Waals surface area (Å²) >= 11 is 0. The third kappa shape index (κ3) is 0.506. The first kappa shape index (κ1) is 7.41. The predicted molar refractivity (Wildman–Crippen MR) is 50.7 cm³/mol. The zero-order valence-corrected chi connectivity index (χ0v) is 8.67. The first-order chi connectivity index (χ1) is 5.55. The van der Waals surface area contributed by atoms with Crippen molar-refractivity contribution in [2.24, 2.45) is 40.9 Å². The Hall–Kier alpha value is 0. The van der Waals surface area contributed by atoms with Crippen LogP contribution in [0.15, 0.2) is 0 Å². The largest absolute Gasteiger partial charge is 0.0622 e. The normalized spacial score (nSPS) is 65.0. The first-order valence-electron chi connectivity index (χ1n) is 5.55. The molecule has 0 aromatic rings. The fourth-order valence-electron chi connectivity index (χ4n) is 4.74. The highest BCUT2D eigenvalue weighted by atomic mass is 14.8. The van der Waals surface area contributed by atoms with Gasteiger partial charge >= 0.3 is 0 Å². The molecule has 12 heavy (non-hydrogen) atoms. The average Bonchev–Trinajstić information content (AvgIpc) is 1.97. The van der Waals surface area contributed by atoms with Crippen molar-refractivity contribution in [3.63, 3.8) is 0 Å². The lowest BCUT2D eigenvalue weighted by Gasteiger charge is -2.78. The summed E-state index contributed by atoms with van der Waals surface area (Å²) in [5.41, 5.74) is 0.681. The summed E-state index contributed by atoms with van der Waals surface area (Å²) < 4.78 is 0. The van der Waals surface area contributed by atoms with Crippen LogP contribution in [0.3, 0.4) is 0 Å². The van der Waals surface area contributed by atoms with Crippen molar-refractivity contribution in [3.05, 3.63) is 0 Å². The molecule has 0 saturated heterocycles. The minimum atomic E-state index is 0.681.